The van der Waals surface area contributed by atoms with Gasteiger partial charge < -0.3 is 30.0 Å². The van der Waals surface area contributed by atoms with Crippen LogP contribution in [0.1, 0.15) is 12.8 Å². The Hall–Kier alpha value is -3.78. The fourth-order valence-corrected chi connectivity index (χ4v) is 5.33. The summed E-state index contributed by atoms with van der Waals surface area (Å²) in [5.41, 5.74) is 6.17. The largest absolute Gasteiger partial charge is 0.461 e. The minimum absolute atomic E-state index is 0.0282. The molecule has 6 heterocycles. The number of anilines is 3. The standard InChI is InChI=1S/C22H26N10O3S/c23-19-27-20(28-21-26-17(29-32(19)21)15-2-1-10-35-15)25-16(14-3-11-34-12-4-14)18(33)30-6-8-31(9-7-30)22-24-5-13-36-22/h1-2,5,10,13-14,16H,3-4,6-9,11-12H2,(H3,23,25,26,27,28,29)/t16-/m0/s1. The molecule has 36 heavy (non-hydrogen) atoms. The summed E-state index contributed by atoms with van der Waals surface area (Å²) in [5, 5.41) is 10.6. The number of nitrogen functional groups attached to an aromatic ring is 1. The van der Waals surface area contributed by atoms with Crippen LogP contribution in [0.15, 0.2) is 34.4 Å². The molecule has 2 aliphatic rings. The number of fused-ring (bicyclic) bond motifs is 1. The molecule has 13 nitrogen and oxygen atoms in total. The maximum atomic E-state index is 13.8. The van der Waals surface area contributed by atoms with E-state index in [0.29, 0.717) is 37.9 Å². The molecule has 2 fully saturated rings. The summed E-state index contributed by atoms with van der Waals surface area (Å²) in [6.07, 6.45) is 4.89. The Morgan fingerprint density at radius 3 is 2.72 bits per heavy atom. The lowest BCUT2D eigenvalue weighted by atomic mass is 9.90. The molecular weight excluding hydrogens is 484 g/mol. The van der Waals surface area contributed by atoms with Crippen molar-refractivity contribution in [1.29, 1.82) is 0 Å². The number of piperazine rings is 1. The van der Waals surface area contributed by atoms with Gasteiger partial charge in [0.25, 0.3) is 5.78 Å². The number of hydrogen-bond donors (Lipinski definition) is 2. The first kappa shape index (κ1) is 22.7. The van der Waals surface area contributed by atoms with Crippen molar-refractivity contribution in [2.45, 2.75) is 18.9 Å². The predicted molar refractivity (Wildman–Crippen MR) is 133 cm³/mol. The maximum absolute atomic E-state index is 13.8. The van der Waals surface area contributed by atoms with E-state index < -0.39 is 6.04 Å². The third-order valence-electron chi connectivity index (χ3n) is 6.54. The van der Waals surface area contributed by atoms with Gasteiger partial charge in [0.15, 0.2) is 10.9 Å². The van der Waals surface area contributed by atoms with Crippen molar-refractivity contribution in [3.8, 4) is 11.6 Å². The Labute approximate surface area is 210 Å². The van der Waals surface area contributed by atoms with Crippen LogP contribution in [-0.4, -0.2) is 85.8 Å². The molecule has 0 unspecified atom stereocenters. The van der Waals surface area contributed by atoms with E-state index in [1.807, 2.05) is 10.3 Å². The number of furan rings is 1. The smallest absolute Gasteiger partial charge is 0.259 e. The molecule has 1 amide bonds. The second kappa shape index (κ2) is 9.70. The van der Waals surface area contributed by atoms with Gasteiger partial charge in [0.1, 0.15) is 6.04 Å². The van der Waals surface area contributed by atoms with E-state index in [4.69, 9.17) is 14.9 Å². The summed E-state index contributed by atoms with van der Waals surface area (Å²) in [6.45, 7) is 3.96. The predicted octanol–water partition coefficient (Wildman–Crippen LogP) is 1.37. The third-order valence-corrected chi connectivity index (χ3v) is 7.38. The number of ether oxygens (including phenoxy) is 1. The molecule has 6 rings (SSSR count). The minimum atomic E-state index is -0.505. The molecular formula is C22H26N10O3S. The fraction of sp³-hybridized carbons (Fsp3) is 0.455. The molecule has 4 aromatic heterocycles. The molecule has 1 atom stereocenters. The molecule has 0 aromatic carbocycles. The first-order valence-corrected chi connectivity index (χ1v) is 12.8. The van der Waals surface area contributed by atoms with Gasteiger partial charge in [-0.1, -0.05) is 0 Å². The number of nitrogens with two attached hydrogens (primary N) is 1. The first-order chi connectivity index (χ1) is 17.7. The highest BCUT2D eigenvalue weighted by Crippen LogP contribution is 2.25. The van der Waals surface area contributed by atoms with Gasteiger partial charge in [0, 0.05) is 51.0 Å². The van der Waals surface area contributed by atoms with Gasteiger partial charge in [-0.15, -0.1) is 16.4 Å². The van der Waals surface area contributed by atoms with Crippen LogP contribution in [0.4, 0.5) is 17.0 Å². The number of thiazole rings is 1. The normalized spacial score (nSPS) is 18.0. The highest BCUT2D eigenvalue weighted by molar-refractivity contribution is 7.13. The second-order valence-electron chi connectivity index (χ2n) is 8.73. The highest BCUT2D eigenvalue weighted by atomic mass is 32.1. The molecule has 0 aliphatic carbocycles. The van der Waals surface area contributed by atoms with Gasteiger partial charge in [-0.2, -0.15) is 19.5 Å². The molecule has 0 radical (unpaired) electrons. The summed E-state index contributed by atoms with van der Waals surface area (Å²) in [4.78, 5) is 35.6. The number of carbonyl (C=O) groups is 1. The average molecular weight is 511 g/mol. The molecule has 0 saturated carbocycles. The Bertz CT molecular complexity index is 1310. The summed E-state index contributed by atoms with van der Waals surface area (Å²) in [6, 6.07) is 3.00. The monoisotopic (exact) mass is 510 g/mol. The number of nitrogens with one attached hydrogen (secondary N) is 1. The summed E-state index contributed by atoms with van der Waals surface area (Å²) in [5.74, 6) is 1.59. The molecule has 3 N–H and O–H groups in total. The van der Waals surface area contributed by atoms with E-state index in [-0.39, 0.29) is 29.5 Å². The maximum Gasteiger partial charge on any atom is 0.259 e. The second-order valence-corrected chi connectivity index (χ2v) is 9.60. The number of hydrogen-bond acceptors (Lipinski definition) is 12. The molecule has 2 saturated heterocycles. The molecule has 188 valence electrons. The van der Waals surface area contributed by atoms with Crippen LogP contribution >= 0.6 is 11.3 Å². The van der Waals surface area contributed by atoms with E-state index >= 15 is 0 Å². The molecule has 4 aromatic rings. The van der Waals surface area contributed by atoms with Crippen molar-refractivity contribution in [3.05, 3.63) is 30.0 Å². The summed E-state index contributed by atoms with van der Waals surface area (Å²) >= 11 is 1.61. The fourth-order valence-electron chi connectivity index (χ4n) is 4.64. The van der Waals surface area contributed by atoms with Crippen LogP contribution in [0, 0.1) is 5.92 Å². The lowest BCUT2D eigenvalue weighted by Crippen LogP contribution is -2.55. The number of amides is 1. The van der Waals surface area contributed by atoms with Gasteiger partial charge in [-0.3, -0.25) is 4.79 Å². The van der Waals surface area contributed by atoms with E-state index in [0.717, 1.165) is 31.1 Å². The number of carbonyl (C=O) groups excluding carboxylic acids is 1. The molecule has 2 aliphatic heterocycles. The van der Waals surface area contributed by atoms with Gasteiger partial charge in [-0.05, 0) is 30.9 Å². The van der Waals surface area contributed by atoms with Gasteiger partial charge in [0.2, 0.25) is 23.6 Å². The van der Waals surface area contributed by atoms with E-state index in [9.17, 15) is 4.79 Å². The van der Waals surface area contributed by atoms with Crippen LogP contribution in [0.5, 0.6) is 0 Å². The van der Waals surface area contributed by atoms with Crippen LogP contribution in [0.2, 0.25) is 0 Å². The molecule has 0 spiro atoms. The van der Waals surface area contributed by atoms with Gasteiger partial charge in [-0.25, -0.2) is 4.98 Å². The third kappa shape index (κ3) is 4.44. The number of rotatable bonds is 6. The topological polar surface area (TPSA) is 153 Å². The van der Waals surface area contributed by atoms with Crippen molar-refractivity contribution in [3.63, 3.8) is 0 Å². The Morgan fingerprint density at radius 2 is 2.00 bits per heavy atom. The highest BCUT2D eigenvalue weighted by Gasteiger charge is 2.35. The Morgan fingerprint density at radius 1 is 1.17 bits per heavy atom. The minimum Gasteiger partial charge on any atom is -0.461 e. The zero-order chi connectivity index (χ0) is 24.5. The zero-order valence-corrected chi connectivity index (χ0v) is 20.3. The van der Waals surface area contributed by atoms with E-state index in [1.54, 1.807) is 35.9 Å². The number of nitrogens with zero attached hydrogens (tertiary/aromatic N) is 8. The lowest BCUT2D eigenvalue weighted by molar-refractivity contribution is -0.134. The average Bonchev–Trinajstić information content (AvgIpc) is 3.69. The zero-order valence-electron chi connectivity index (χ0n) is 19.5. The van der Waals surface area contributed by atoms with Crippen molar-refractivity contribution < 1.29 is 13.9 Å². The summed E-state index contributed by atoms with van der Waals surface area (Å²) < 4.78 is 12.3. The summed E-state index contributed by atoms with van der Waals surface area (Å²) in [7, 11) is 0. The Kier molecular flexibility index (Phi) is 6.11. The van der Waals surface area contributed by atoms with E-state index in [2.05, 4.69) is 35.3 Å². The van der Waals surface area contributed by atoms with Gasteiger partial charge in [0.05, 0.1) is 6.26 Å². The van der Waals surface area contributed by atoms with Gasteiger partial charge >= 0.3 is 0 Å². The first-order valence-electron chi connectivity index (χ1n) is 11.9. The van der Waals surface area contributed by atoms with Crippen LogP contribution in [-0.2, 0) is 9.53 Å². The van der Waals surface area contributed by atoms with Crippen LogP contribution in [0.25, 0.3) is 17.4 Å². The lowest BCUT2D eigenvalue weighted by Gasteiger charge is -2.38. The van der Waals surface area contributed by atoms with Crippen molar-refractivity contribution in [2.24, 2.45) is 5.92 Å². The van der Waals surface area contributed by atoms with E-state index in [1.165, 1.54) is 4.52 Å². The number of aromatic nitrogens is 6. The SMILES string of the molecule is Nc1nc(N[C@H](C(=O)N2CCN(c3nccs3)CC2)C2CCOCC2)nc2nc(-c3ccco3)nn12. The van der Waals surface area contributed by atoms with Crippen molar-refractivity contribution >= 4 is 40.0 Å². The Balaban J connectivity index is 1.23. The quantitative estimate of drug-likeness (QED) is 0.387. The van der Waals surface area contributed by atoms with Crippen molar-refractivity contribution in [2.75, 3.05) is 55.3 Å². The molecule has 0 bridgehead atoms. The van der Waals surface area contributed by atoms with Crippen molar-refractivity contribution in [1.82, 2.24) is 34.4 Å². The van der Waals surface area contributed by atoms with Crippen LogP contribution < -0.4 is 16.0 Å². The molecule has 14 heteroatoms. The van der Waals surface area contributed by atoms with Crippen LogP contribution in [0.3, 0.4) is 0 Å².